The highest BCUT2D eigenvalue weighted by Crippen LogP contribution is 2.41. The Bertz CT molecular complexity index is 2930. The number of primary amides is 1. The molecule has 4 atom stereocenters. The number of benzene rings is 2. The molecule has 4 saturated heterocycles. The average Bonchev–Trinajstić information content (AvgIpc) is 4.01. The number of aliphatic hydroxyl groups is 1. The highest BCUT2D eigenvalue weighted by atomic mass is 32.1. The number of likely N-dealkylation sites (N-methyl/N-ethyl adjacent to an activating group) is 1. The van der Waals surface area contributed by atoms with Crippen molar-refractivity contribution < 1.29 is 43.0 Å². The minimum absolute atomic E-state index is 0.0165. The molecular formula is C59H79FN12O8S. The predicted octanol–water partition coefficient (Wildman–Crippen LogP) is 6.82. The Morgan fingerprint density at radius 3 is 2.42 bits per heavy atom. The number of urea groups is 1. The van der Waals surface area contributed by atoms with E-state index in [1.807, 2.05) is 74.9 Å². The Kier molecular flexibility index (Phi) is 18.5. The van der Waals surface area contributed by atoms with E-state index in [0.717, 1.165) is 66.9 Å². The Morgan fingerprint density at radius 1 is 0.975 bits per heavy atom. The number of piperidine rings is 2. The second-order valence-corrected chi connectivity index (χ2v) is 24.2. The number of nitrogens with one attached hydrogen (secondary N) is 3. The van der Waals surface area contributed by atoms with Crippen LogP contribution < -0.4 is 31.3 Å². The molecule has 5 aliphatic rings. The smallest absolute Gasteiger partial charge is 0.320 e. The number of aromatic nitrogens is 3. The van der Waals surface area contributed by atoms with Crippen LogP contribution in [0.15, 0.2) is 54.2 Å². The number of nitrogens with zero attached hydrogens (tertiary/aromatic N) is 8. The molecule has 0 spiro atoms. The van der Waals surface area contributed by atoms with Crippen molar-refractivity contribution in [1.29, 1.82) is 0 Å². The number of aryl methyl sites for hydroxylation is 1. The van der Waals surface area contributed by atoms with Gasteiger partial charge in [-0.15, -0.1) is 11.3 Å². The Balaban J connectivity index is 0.738. The van der Waals surface area contributed by atoms with E-state index in [1.165, 1.54) is 21.8 Å². The lowest BCUT2D eigenvalue weighted by molar-refractivity contribution is -0.145. The quantitative estimate of drug-likeness (QED) is 0.0479. The second-order valence-electron chi connectivity index (χ2n) is 23.3. The fraction of sp³-hybridized carbons (Fsp3) is 0.576. The number of thiazole rings is 1. The minimum Gasteiger partial charge on any atom is -0.493 e. The van der Waals surface area contributed by atoms with Crippen molar-refractivity contribution in [2.45, 2.75) is 154 Å². The molecule has 0 bridgehead atoms. The number of amides is 7. The third kappa shape index (κ3) is 13.9. The highest BCUT2D eigenvalue weighted by molar-refractivity contribution is 7.13. The third-order valence-corrected chi connectivity index (χ3v) is 17.9. The lowest BCUT2D eigenvalue weighted by Crippen LogP contribution is -2.59. The van der Waals surface area contributed by atoms with E-state index >= 15 is 0 Å². The number of alkyl halides is 1. The van der Waals surface area contributed by atoms with Crippen LogP contribution >= 0.6 is 11.3 Å². The summed E-state index contributed by atoms with van der Waals surface area (Å²) in [5.74, 6) is -0.607. The van der Waals surface area contributed by atoms with Gasteiger partial charge >= 0.3 is 6.03 Å². The van der Waals surface area contributed by atoms with E-state index in [2.05, 4.69) is 43.0 Å². The highest BCUT2D eigenvalue weighted by Gasteiger charge is 2.54. The first-order chi connectivity index (χ1) is 38.8. The van der Waals surface area contributed by atoms with Gasteiger partial charge in [0.2, 0.25) is 17.7 Å². The fourth-order valence-corrected chi connectivity index (χ4v) is 12.7. The topological polar surface area (TPSA) is 249 Å². The van der Waals surface area contributed by atoms with Crippen LogP contribution in [-0.2, 0) is 25.7 Å². The van der Waals surface area contributed by atoms with Gasteiger partial charge in [0, 0.05) is 83.5 Å². The molecule has 2 aromatic carbocycles. The zero-order chi connectivity index (χ0) is 57.6. The van der Waals surface area contributed by atoms with Gasteiger partial charge in [-0.2, -0.15) is 0 Å². The summed E-state index contributed by atoms with van der Waals surface area (Å²) in [4.78, 5) is 104. The van der Waals surface area contributed by atoms with Gasteiger partial charge in [0.25, 0.3) is 11.8 Å². The zero-order valence-electron chi connectivity index (χ0n) is 47.4. The Labute approximate surface area is 477 Å². The van der Waals surface area contributed by atoms with Gasteiger partial charge in [-0.1, -0.05) is 51.5 Å². The monoisotopic (exact) mass is 1130 g/mol. The molecule has 4 aromatic rings. The maximum absolute atomic E-state index is 14.9. The Morgan fingerprint density at radius 2 is 1.74 bits per heavy atom. The van der Waals surface area contributed by atoms with Crippen LogP contribution in [-0.4, -0.2) is 165 Å². The number of aliphatic hydroxyl groups excluding tert-OH is 1. The molecule has 5 fully saturated rings. The van der Waals surface area contributed by atoms with E-state index in [-0.39, 0.29) is 67.8 Å². The van der Waals surface area contributed by atoms with Gasteiger partial charge in [0.15, 0.2) is 17.2 Å². The summed E-state index contributed by atoms with van der Waals surface area (Å²) in [6, 6.07) is 11.9. The first-order valence-corrected chi connectivity index (χ1v) is 29.7. The van der Waals surface area contributed by atoms with E-state index in [0.29, 0.717) is 82.1 Å². The molecule has 81 heavy (non-hydrogen) atoms. The molecule has 22 heteroatoms. The molecule has 436 valence electrons. The zero-order valence-corrected chi connectivity index (χ0v) is 48.2. The van der Waals surface area contributed by atoms with Crippen molar-refractivity contribution in [3.63, 3.8) is 0 Å². The van der Waals surface area contributed by atoms with E-state index < -0.39 is 52.9 Å². The van der Waals surface area contributed by atoms with Crippen LogP contribution in [0.1, 0.15) is 137 Å². The molecule has 0 radical (unpaired) electrons. The number of likely N-dealkylation sites (tertiary alicyclic amines) is 2. The van der Waals surface area contributed by atoms with Gasteiger partial charge in [0.05, 0.1) is 41.0 Å². The van der Waals surface area contributed by atoms with Gasteiger partial charge in [-0.05, 0) is 112 Å². The first-order valence-electron chi connectivity index (χ1n) is 28.8. The molecule has 7 amide bonds. The normalized spacial score (nSPS) is 20.6. The van der Waals surface area contributed by atoms with Crippen molar-refractivity contribution >= 4 is 64.2 Å². The van der Waals surface area contributed by atoms with E-state index in [9.17, 15) is 38.3 Å². The van der Waals surface area contributed by atoms with Crippen molar-refractivity contribution in [2.24, 2.45) is 11.1 Å². The summed E-state index contributed by atoms with van der Waals surface area (Å²) in [6.45, 7) is 12.1. The molecule has 9 rings (SSSR count). The summed E-state index contributed by atoms with van der Waals surface area (Å²) in [7, 11) is 1.82. The molecule has 4 aliphatic heterocycles. The van der Waals surface area contributed by atoms with Gasteiger partial charge in [-0.3, -0.25) is 24.0 Å². The minimum atomic E-state index is -1.99. The number of carbonyl (C=O) groups excluding carboxylic acids is 6. The summed E-state index contributed by atoms with van der Waals surface area (Å²) in [5.41, 5.74) is 9.25. The Hall–Kier alpha value is -6.94. The van der Waals surface area contributed by atoms with E-state index in [1.54, 1.807) is 16.6 Å². The summed E-state index contributed by atoms with van der Waals surface area (Å²) >= 11 is 1.52. The number of halogens is 1. The number of hydrogen-bond acceptors (Lipinski definition) is 14. The van der Waals surface area contributed by atoms with Crippen LogP contribution in [0.2, 0.25) is 0 Å². The van der Waals surface area contributed by atoms with Crippen LogP contribution in [0.3, 0.4) is 0 Å². The molecule has 6 N–H and O–H groups in total. The summed E-state index contributed by atoms with van der Waals surface area (Å²) < 4.78 is 21.3. The number of nitrogens with two attached hydrogens (primary N) is 1. The number of rotatable bonds is 23. The van der Waals surface area contributed by atoms with Crippen molar-refractivity contribution in [1.82, 2.24) is 45.2 Å². The molecule has 20 nitrogen and oxygen atoms in total. The van der Waals surface area contributed by atoms with E-state index in [4.69, 9.17) is 15.5 Å². The van der Waals surface area contributed by atoms with Crippen LogP contribution in [0.5, 0.6) is 5.75 Å². The lowest BCUT2D eigenvalue weighted by atomic mass is 9.79. The predicted molar refractivity (Wildman–Crippen MR) is 307 cm³/mol. The van der Waals surface area contributed by atoms with Gasteiger partial charge in [0.1, 0.15) is 23.7 Å². The van der Waals surface area contributed by atoms with Crippen LogP contribution in [0, 0.1) is 12.3 Å². The standard InChI is InChI=1S/C59H79FN12O8S/c1-6-21-58(3,4)51(67-56(78)59(60)22-23-59)55(77)72-35-44(73)31-45(72)54(76)63-32-41-14-13-40(50-37(2)64-36-81-50)30-46(41)80-29-9-7-8-12-48(74)69-25-19-39(20-26-69)38-15-17-42(18-16-38)65-53-49(52(61)75)62-33-47(66-53)70-24-10-11-43(34-70)71-28-27-68(5)57(71)79/h13-18,30,33,36,39,43-45,51,73H,6-12,19-29,31-32,34-35H2,1-5H3,(H2,61,75)(H,63,76)(H,65,66)(H,67,78)/t43-,44-,45+,51-/m1/s1. The van der Waals surface area contributed by atoms with Crippen molar-refractivity contribution in [3.05, 3.63) is 76.7 Å². The fourth-order valence-electron chi connectivity index (χ4n) is 11.9. The number of β-amino-alcohol motifs (C(OH)–C–C–N with tert-alkyl or cyclic N) is 1. The average molecular weight is 1140 g/mol. The van der Waals surface area contributed by atoms with Crippen LogP contribution in [0.4, 0.5) is 26.5 Å². The molecule has 0 unspecified atom stereocenters. The molecule has 1 saturated carbocycles. The number of anilines is 3. The number of ether oxygens (including phenoxy) is 1. The summed E-state index contributed by atoms with van der Waals surface area (Å²) in [6.07, 6.45) is 8.21. The van der Waals surface area contributed by atoms with Crippen molar-refractivity contribution in [2.75, 3.05) is 69.7 Å². The number of carbonyl (C=O) groups is 6. The maximum atomic E-state index is 14.9. The molecular weight excluding hydrogens is 1060 g/mol. The van der Waals surface area contributed by atoms with Crippen molar-refractivity contribution in [3.8, 4) is 16.2 Å². The number of hydrogen-bond donors (Lipinski definition) is 5. The molecule has 2 aromatic heterocycles. The number of unbranched alkanes of at least 4 members (excludes halogenated alkanes) is 2. The van der Waals surface area contributed by atoms with Gasteiger partial charge < -0.3 is 56.0 Å². The summed E-state index contributed by atoms with van der Waals surface area (Å²) in [5, 5.41) is 19.7. The SMILES string of the molecule is CCCC(C)(C)[C@H](NC(=O)C1(F)CC1)C(=O)N1C[C@H](O)C[C@H]1C(=O)NCc1ccc(-c2scnc2C)cc1OCCCCCC(=O)N1CCC(c2ccc(Nc3nc(N4CCC[C@@H](N5CCN(C)C5=O)C4)cnc3C(N)=O)cc2)CC1. The van der Waals surface area contributed by atoms with Gasteiger partial charge in [-0.25, -0.2) is 24.1 Å². The largest absolute Gasteiger partial charge is 0.493 e. The lowest BCUT2D eigenvalue weighted by Gasteiger charge is -2.37. The third-order valence-electron chi connectivity index (χ3n) is 16.9. The maximum Gasteiger partial charge on any atom is 0.320 e. The van der Waals surface area contributed by atoms with Crippen LogP contribution in [0.25, 0.3) is 10.4 Å². The molecule has 6 heterocycles. The first kappa shape index (κ1) is 58.7. The second kappa shape index (κ2) is 25.5. The molecule has 1 aliphatic carbocycles.